The van der Waals surface area contributed by atoms with Crippen molar-refractivity contribution in [2.75, 3.05) is 7.11 Å². The molecular formula is C24H25ClFN3O3S. The summed E-state index contributed by atoms with van der Waals surface area (Å²) in [4.78, 5) is 0. The van der Waals surface area contributed by atoms with Gasteiger partial charge < -0.3 is 4.74 Å². The van der Waals surface area contributed by atoms with Gasteiger partial charge in [0.1, 0.15) is 17.3 Å². The minimum atomic E-state index is -3.41. The first-order valence-electron chi connectivity index (χ1n) is 11.1. The van der Waals surface area contributed by atoms with Gasteiger partial charge in [0, 0.05) is 28.8 Å². The molecule has 3 aromatic rings. The lowest BCUT2D eigenvalue weighted by atomic mass is 10.0. The van der Waals surface area contributed by atoms with Crippen LogP contribution in [0.5, 0.6) is 5.75 Å². The van der Waals surface area contributed by atoms with E-state index < -0.39 is 15.8 Å². The maximum absolute atomic E-state index is 13.8. The standard InChI is InChI=1S/C24H25ClFN3O3S/c1-32-23-13-18(26)11-12-22(23)29-24(16-7-9-17(25)10-8-16)20-14-28(15-21(20)27-29)33(30,31)19-5-3-2-4-6-19/h7-13,19H,2-6,14-15H2,1H3. The lowest BCUT2D eigenvalue weighted by Crippen LogP contribution is -2.36. The van der Waals surface area contributed by atoms with Crippen molar-refractivity contribution >= 4 is 21.6 Å². The zero-order valence-electron chi connectivity index (χ0n) is 18.3. The van der Waals surface area contributed by atoms with E-state index in [9.17, 15) is 12.8 Å². The van der Waals surface area contributed by atoms with Gasteiger partial charge in [-0.25, -0.2) is 17.5 Å². The van der Waals surface area contributed by atoms with Gasteiger partial charge in [-0.15, -0.1) is 0 Å². The van der Waals surface area contributed by atoms with E-state index in [1.54, 1.807) is 27.2 Å². The Morgan fingerprint density at radius 2 is 1.79 bits per heavy atom. The topological polar surface area (TPSA) is 64.4 Å². The van der Waals surface area contributed by atoms with Gasteiger partial charge in [-0.05, 0) is 37.1 Å². The van der Waals surface area contributed by atoms with Gasteiger partial charge in [-0.3, -0.25) is 0 Å². The number of methoxy groups -OCH3 is 1. The lowest BCUT2D eigenvalue weighted by molar-refractivity contribution is 0.395. The summed E-state index contributed by atoms with van der Waals surface area (Å²) in [6.45, 7) is 0.487. The molecule has 6 nitrogen and oxygen atoms in total. The highest BCUT2D eigenvalue weighted by molar-refractivity contribution is 7.89. The number of halogens is 2. The normalized spacial score (nSPS) is 17.3. The first-order chi connectivity index (χ1) is 15.9. The van der Waals surface area contributed by atoms with Gasteiger partial charge in [0.2, 0.25) is 10.0 Å². The largest absolute Gasteiger partial charge is 0.494 e. The van der Waals surface area contributed by atoms with Crippen LogP contribution >= 0.6 is 11.6 Å². The molecule has 9 heteroatoms. The molecule has 33 heavy (non-hydrogen) atoms. The molecule has 2 heterocycles. The maximum Gasteiger partial charge on any atom is 0.217 e. The predicted molar refractivity (Wildman–Crippen MR) is 126 cm³/mol. The first kappa shape index (κ1) is 22.4. The molecule has 0 bridgehead atoms. The SMILES string of the molecule is COc1cc(F)ccc1-n1nc2c(c1-c1ccc(Cl)cc1)CN(S(=O)(=O)C1CCCCC1)C2. The third-order valence-electron chi connectivity index (χ3n) is 6.55. The number of rotatable bonds is 5. The van der Waals surface area contributed by atoms with E-state index in [1.807, 2.05) is 12.1 Å². The molecule has 174 valence electrons. The fourth-order valence-electron chi connectivity index (χ4n) is 4.85. The van der Waals surface area contributed by atoms with Crippen LogP contribution < -0.4 is 4.74 Å². The highest BCUT2D eigenvalue weighted by Gasteiger charge is 2.39. The van der Waals surface area contributed by atoms with Crippen molar-refractivity contribution in [1.82, 2.24) is 14.1 Å². The summed E-state index contributed by atoms with van der Waals surface area (Å²) >= 11 is 6.11. The van der Waals surface area contributed by atoms with Crippen LogP contribution in [0.2, 0.25) is 5.02 Å². The van der Waals surface area contributed by atoms with Crippen LogP contribution in [0.1, 0.15) is 43.4 Å². The number of sulfonamides is 1. The molecule has 2 aromatic carbocycles. The number of nitrogens with zero attached hydrogens (tertiary/aromatic N) is 3. The molecule has 1 saturated carbocycles. The second-order valence-electron chi connectivity index (χ2n) is 8.58. The van der Waals surface area contributed by atoms with Crippen molar-refractivity contribution in [3.8, 4) is 22.7 Å². The predicted octanol–water partition coefficient (Wildman–Crippen LogP) is 5.32. The number of hydrogen-bond donors (Lipinski definition) is 0. The summed E-state index contributed by atoms with van der Waals surface area (Å²) in [7, 11) is -1.93. The van der Waals surface area contributed by atoms with Crippen LogP contribution in [0.25, 0.3) is 16.9 Å². The number of hydrogen-bond acceptors (Lipinski definition) is 4. The van der Waals surface area contributed by atoms with E-state index in [2.05, 4.69) is 0 Å². The van der Waals surface area contributed by atoms with Gasteiger partial charge >= 0.3 is 0 Å². The summed E-state index contributed by atoms with van der Waals surface area (Å²) in [5, 5.41) is 5.06. The molecule has 0 amide bonds. The Morgan fingerprint density at radius 1 is 1.06 bits per heavy atom. The van der Waals surface area contributed by atoms with Gasteiger partial charge in [0.05, 0.1) is 30.3 Å². The molecular weight excluding hydrogens is 465 g/mol. The molecule has 0 spiro atoms. The summed E-state index contributed by atoms with van der Waals surface area (Å²) in [6.07, 6.45) is 4.44. The lowest BCUT2D eigenvalue weighted by Gasteiger charge is -2.27. The van der Waals surface area contributed by atoms with Crippen LogP contribution in [0.15, 0.2) is 42.5 Å². The van der Waals surface area contributed by atoms with E-state index in [4.69, 9.17) is 21.4 Å². The van der Waals surface area contributed by atoms with Gasteiger partial charge in [-0.2, -0.15) is 9.40 Å². The highest BCUT2D eigenvalue weighted by atomic mass is 35.5. The summed E-state index contributed by atoms with van der Waals surface area (Å²) < 4.78 is 49.2. The molecule has 0 N–H and O–H groups in total. The molecule has 1 aromatic heterocycles. The maximum atomic E-state index is 13.8. The minimum absolute atomic E-state index is 0.227. The molecule has 0 saturated heterocycles. The first-order valence-corrected chi connectivity index (χ1v) is 13.0. The summed E-state index contributed by atoms with van der Waals surface area (Å²) in [6, 6.07) is 11.6. The number of fused-ring (bicyclic) bond motifs is 1. The third kappa shape index (κ3) is 4.05. The van der Waals surface area contributed by atoms with Crippen molar-refractivity contribution < 1.29 is 17.5 Å². The number of ether oxygens (including phenoxy) is 1. The Balaban J connectivity index is 1.60. The second-order valence-corrected chi connectivity index (χ2v) is 11.2. The van der Waals surface area contributed by atoms with E-state index >= 15 is 0 Å². The monoisotopic (exact) mass is 489 g/mol. The molecule has 2 aliphatic rings. The van der Waals surface area contributed by atoms with Gasteiger partial charge in [-0.1, -0.05) is 43.0 Å². The average Bonchev–Trinajstić information content (AvgIpc) is 3.39. The number of benzene rings is 2. The van der Waals surface area contributed by atoms with Crippen molar-refractivity contribution in [3.05, 3.63) is 64.6 Å². The molecule has 0 radical (unpaired) electrons. The molecule has 1 aliphatic heterocycles. The van der Waals surface area contributed by atoms with Crippen LogP contribution in [-0.4, -0.2) is 34.9 Å². The van der Waals surface area contributed by atoms with E-state index in [0.717, 1.165) is 36.1 Å². The fourth-order valence-corrected chi connectivity index (χ4v) is 6.93. The van der Waals surface area contributed by atoms with Crippen LogP contribution in [0, 0.1) is 5.82 Å². The van der Waals surface area contributed by atoms with Crippen LogP contribution in [-0.2, 0) is 23.1 Å². The van der Waals surface area contributed by atoms with Crippen molar-refractivity contribution in [2.45, 2.75) is 50.4 Å². The third-order valence-corrected chi connectivity index (χ3v) is 9.09. The van der Waals surface area contributed by atoms with Gasteiger partial charge in [0.15, 0.2) is 0 Å². The van der Waals surface area contributed by atoms with Crippen molar-refractivity contribution in [2.24, 2.45) is 0 Å². The van der Waals surface area contributed by atoms with Crippen LogP contribution in [0.4, 0.5) is 4.39 Å². The number of aromatic nitrogens is 2. The van der Waals surface area contributed by atoms with Crippen molar-refractivity contribution in [1.29, 1.82) is 0 Å². The quantitative estimate of drug-likeness (QED) is 0.486. The Bertz CT molecular complexity index is 1290. The Morgan fingerprint density at radius 3 is 2.48 bits per heavy atom. The molecule has 0 unspecified atom stereocenters. The molecule has 0 atom stereocenters. The summed E-state index contributed by atoms with van der Waals surface area (Å²) in [5.41, 5.74) is 3.73. The van der Waals surface area contributed by atoms with E-state index in [1.165, 1.54) is 19.2 Å². The van der Waals surface area contributed by atoms with Crippen LogP contribution in [0.3, 0.4) is 0 Å². The van der Waals surface area contributed by atoms with E-state index in [0.29, 0.717) is 35.0 Å². The zero-order chi connectivity index (χ0) is 23.2. The summed E-state index contributed by atoms with van der Waals surface area (Å²) in [5.74, 6) is -0.0637. The Labute approximate surface area is 198 Å². The minimum Gasteiger partial charge on any atom is -0.494 e. The molecule has 5 rings (SSSR count). The van der Waals surface area contributed by atoms with Crippen molar-refractivity contribution in [3.63, 3.8) is 0 Å². The highest BCUT2D eigenvalue weighted by Crippen LogP contribution is 2.39. The Hall–Kier alpha value is -2.42. The molecule has 1 fully saturated rings. The van der Waals surface area contributed by atoms with E-state index in [-0.39, 0.29) is 18.3 Å². The van der Waals surface area contributed by atoms with Gasteiger partial charge in [0.25, 0.3) is 0 Å². The zero-order valence-corrected chi connectivity index (χ0v) is 19.9. The smallest absolute Gasteiger partial charge is 0.217 e. The molecule has 1 aliphatic carbocycles. The second kappa shape index (κ2) is 8.74. The average molecular weight is 490 g/mol. The fraction of sp³-hybridized carbons (Fsp3) is 0.375. The Kier molecular flexibility index (Phi) is 5.93.